The highest BCUT2D eigenvalue weighted by Crippen LogP contribution is 2.53. The van der Waals surface area contributed by atoms with Gasteiger partial charge in [-0.1, -0.05) is 12.2 Å². The number of aryl methyl sites for hydroxylation is 1. The summed E-state index contributed by atoms with van der Waals surface area (Å²) in [5.74, 6) is -0.350. The number of benzene rings is 1. The van der Waals surface area contributed by atoms with Crippen molar-refractivity contribution in [3.63, 3.8) is 0 Å². The minimum absolute atomic E-state index is 0.129. The Kier molecular flexibility index (Phi) is 2.54. The van der Waals surface area contributed by atoms with Gasteiger partial charge in [0.1, 0.15) is 5.58 Å². The van der Waals surface area contributed by atoms with Gasteiger partial charge in [-0.3, -0.25) is 9.59 Å². The van der Waals surface area contributed by atoms with Gasteiger partial charge in [0, 0.05) is 17.5 Å². The van der Waals surface area contributed by atoms with E-state index >= 15 is 0 Å². The fourth-order valence-electron chi connectivity index (χ4n) is 4.61. The second-order valence-corrected chi connectivity index (χ2v) is 6.94. The van der Waals surface area contributed by atoms with Gasteiger partial charge >= 0.3 is 5.63 Å². The lowest BCUT2D eigenvalue weighted by Crippen LogP contribution is -2.32. The quantitative estimate of drug-likeness (QED) is 0.459. The molecule has 1 aromatic carbocycles. The molecule has 0 spiro atoms. The Balaban J connectivity index is 1.62. The molecule has 0 N–H and O–H groups in total. The van der Waals surface area contributed by atoms with Crippen LogP contribution in [-0.2, 0) is 9.59 Å². The van der Waals surface area contributed by atoms with Crippen LogP contribution in [-0.4, -0.2) is 11.8 Å². The number of amides is 2. The van der Waals surface area contributed by atoms with E-state index < -0.39 is 5.63 Å². The molecule has 1 saturated heterocycles. The van der Waals surface area contributed by atoms with E-state index in [0.29, 0.717) is 11.3 Å². The number of carbonyl (C=O) groups is 2. The van der Waals surface area contributed by atoms with E-state index in [9.17, 15) is 14.4 Å². The van der Waals surface area contributed by atoms with Gasteiger partial charge in [0.2, 0.25) is 11.8 Å². The summed E-state index contributed by atoms with van der Waals surface area (Å²) in [5, 5.41) is 0.805. The summed E-state index contributed by atoms with van der Waals surface area (Å²) in [7, 11) is 0. The minimum Gasteiger partial charge on any atom is -0.423 e. The van der Waals surface area contributed by atoms with Gasteiger partial charge in [-0.2, -0.15) is 0 Å². The van der Waals surface area contributed by atoms with Crippen LogP contribution in [0.25, 0.3) is 11.0 Å². The van der Waals surface area contributed by atoms with E-state index in [4.69, 9.17) is 4.42 Å². The zero-order valence-electron chi connectivity index (χ0n) is 13.1. The van der Waals surface area contributed by atoms with Crippen molar-refractivity contribution in [1.82, 2.24) is 0 Å². The molecule has 2 aliphatic carbocycles. The average Bonchev–Trinajstić information content (AvgIpc) is 3.20. The van der Waals surface area contributed by atoms with Gasteiger partial charge in [-0.25, -0.2) is 9.69 Å². The van der Waals surface area contributed by atoms with Crippen LogP contribution < -0.4 is 10.5 Å². The van der Waals surface area contributed by atoms with E-state index in [-0.39, 0.29) is 35.5 Å². The number of rotatable bonds is 1. The van der Waals surface area contributed by atoms with E-state index in [1.165, 1.54) is 11.0 Å². The van der Waals surface area contributed by atoms with Crippen molar-refractivity contribution in [2.24, 2.45) is 23.7 Å². The van der Waals surface area contributed by atoms with E-state index in [1.807, 2.05) is 6.92 Å². The molecule has 2 heterocycles. The molecule has 2 fully saturated rings. The van der Waals surface area contributed by atoms with Crippen LogP contribution >= 0.6 is 0 Å². The highest BCUT2D eigenvalue weighted by molar-refractivity contribution is 6.23. The van der Waals surface area contributed by atoms with Crippen molar-refractivity contribution in [2.45, 2.75) is 13.3 Å². The van der Waals surface area contributed by atoms with Gasteiger partial charge < -0.3 is 4.42 Å². The number of imide groups is 1. The first-order valence-electron chi connectivity index (χ1n) is 8.15. The molecule has 0 unspecified atom stereocenters. The van der Waals surface area contributed by atoms with Crippen LogP contribution in [0.15, 0.2) is 45.6 Å². The first-order valence-corrected chi connectivity index (χ1v) is 8.15. The third kappa shape index (κ3) is 1.62. The van der Waals surface area contributed by atoms with Gasteiger partial charge in [0.15, 0.2) is 0 Å². The smallest absolute Gasteiger partial charge is 0.336 e. The van der Waals surface area contributed by atoms with Crippen LogP contribution in [0, 0.1) is 30.6 Å². The van der Waals surface area contributed by atoms with Gasteiger partial charge in [0.05, 0.1) is 17.5 Å². The van der Waals surface area contributed by atoms with Crippen LogP contribution in [0.5, 0.6) is 0 Å². The largest absolute Gasteiger partial charge is 0.423 e. The van der Waals surface area contributed by atoms with E-state index in [0.717, 1.165) is 17.4 Å². The van der Waals surface area contributed by atoms with Crippen molar-refractivity contribution in [2.75, 3.05) is 4.90 Å². The number of allylic oxidation sites excluding steroid dienone is 2. The topological polar surface area (TPSA) is 67.6 Å². The van der Waals surface area contributed by atoms with Crippen LogP contribution in [0.2, 0.25) is 0 Å². The van der Waals surface area contributed by atoms with Crippen molar-refractivity contribution in [3.8, 4) is 0 Å². The van der Waals surface area contributed by atoms with Crippen LogP contribution in [0.4, 0.5) is 5.69 Å². The Morgan fingerprint density at radius 2 is 1.67 bits per heavy atom. The summed E-state index contributed by atoms with van der Waals surface area (Å²) in [6.07, 6.45) is 5.05. The molecule has 120 valence electrons. The summed E-state index contributed by atoms with van der Waals surface area (Å²) in [5.41, 5.74) is 1.26. The molecule has 24 heavy (non-hydrogen) atoms. The first-order chi connectivity index (χ1) is 11.5. The second-order valence-electron chi connectivity index (χ2n) is 6.94. The Bertz CT molecular complexity index is 972. The van der Waals surface area contributed by atoms with Crippen molar-refractivity contribution in [3.05, 3.63) is 52.4 Å². The number of carbonyl (C=O) groups excluding carboxylic acids is 2. The molecule has 3 aliphatic rings. The molecule has 1 aromatic heterocycles. The Hall–Kier alpha value is -2.69. The zero-order chi connectivity index (χ0) is 16.6. The standard InChI is InChI=1S/C19H15NO4/c1-9-6-15(21)24-14-8-12(4-5-13(9)14)20-18(22)16-10-2-3-11(7-10)17(16)19(20)23/h2-6,8,10-11,16-17H,7H2,1H3/t10-,11+,16-,17+. The van der Waals surface area contributed by atoms with E-state index in [2.05, 4.69) is 12.2 Å². The van der Waals surface area contributed by atoms with E-state index in [1.54, 1.807) is 18.2 Å². The van der Waals surface area contributed by atoms with Crippen molar-refractivity contribution >= 4 is 28.5 Å². The van der Waals surface area contributed by atoms with Crippen LogP contribution in [0.3, 0.4) is 0 Å². The summed E-state index contributed by atoms with van der Waals surface area (Å²) in [6.45, 7) is 1.83. The number of anilines is 1. The molecule has 0 radical (unpaired) electrons. The fourth-order valence-corrected chi connectivity index (χ4v) is 4.61. The van der Waals surface area contributed by atoms with Gasteiger partial charge in [0.25, 0.3) is 0 Å². The molecule has 5 heteroatoms. The number of nitrogens with zero attached hydrogens (tertiary/aromatic N) is 1. The lowest BCUT2D eigenvalue weighted by molar-refractivity contribution is -0.123. The van der Waals surface area contributed by atoms with Gasteiger partial charge in [-0.05, 0) is 42.9 Å². The molecule has 2 bridgehead atoms. The lowest BCUT2D eigenvalue weighted by atomic mass is 9.85. The highest BCUT2D eigenvalue weighted by Gasteiger charge is 2.59. The molecule has 2 amide bonds. The maximum Gasteiger partial charge on any atom is 0.336 e. The number of fused-ring (bicyclic) bond motifs is 6. The Morgan fingerprint density at radius 1 is 1.00 bits per heavy atom. The summed E-state index contributed by atoms with van der Waals surface area (Å²) < 4.78 is 5.24. The Morgan fingerprint density at radius 3 is 2.33 bits per heavy atom. The summed E-state index contributed by atoms with van der Waals surface area (Å²) >= 11 is 0. The zero-order valence-corrected chi connectivity index (χ0v) is 13.1. The average molecular weight is 321 g/mol. The predicted octanol–water partition coefficient (Wildman–Crippen LogP) is 2.41. The molecule has 5 nitrogen and oxygen atoms in total. The third-order valence-corrected chi connectivity index (χ3v) is 5.66. The molecule has 4 atom stereocenters. The number of hydrogen-bond acceptors (Lipinski definition) is 4. The fraction of sp³-hybridized carbons (Fsp3) is 0.316. The molecule has 2 aromatic rings. The van der Waals surface area contributed by atoms with Gasteiger partial charge in [-0.15, -0.1) is 0 Å². The molecule has 1 saturated carbocycles. The Labute approximate surface area is 137 Å². The predicted molar refractivity (Wildman–Crippen MR) is 87.4 cm³/mol. The first kappa shape index (κ1) is 13.7. The molecule has 1 aliphatic heterocycles. The minimum atomic E-state index is -0.435. The molecular formula is C19H15NO4. The lowest BCUT2D eigenvalue weighted by Gasteiger charge is -2.17. The SMILES string of the molecule is Cc1cc(=O)oc2cc(N3C(=O)[C@@H]4[C@H](C3=O)[C@@H]3C=C[C@H]4C3)ccc12. The summed E-state index contributed by atoms with van der Waals surface area (Å²) in [6, 6.07) is 6.60. The normalized spacial score (nSPS) is 30.6. The number of hydrogen-bond donors (Lipinski definition) is 0. The third-order valence-electron chi connectivity index (χ3n) is 5.66. The maximum absolute atomic E-state index is 12.8. The van der Waals surface area contributed by atoms with Crippen molar-refractivity contribution < 1.29 is 14.0 Å². The monoisotopic (exact) mass is 321 g/mol. The summed E-state index contributed by atoms with van der Waals surface area (Å²) in [4.78, 5) is 38.6. The molecule has 5 rings (SSSR count). The molecular weight excluding hydrogens is 306 g/mol. The van der Waals surface area contributed by atoms with Crippen molar-refractivity contribution in [1.29, 1.82) is 0 Å². The second kappa shape index (κ2) is 4.44. The maximum atomic E-state index is 12.8. The van der Waals surface area contributed by atoms with Crippen LogP contribution in [0.1, 0.15) is 12.0 Å². The highest BCUT2D eigenvalue weighted by atomic mass is 16.4.